The minimum atomic E-state index is -0.332. The first kappa shape index (κ1) is 11.3. The summed E-state index contributed by atoms with van der Waals surface area (Å²) in [5, 5.41) is 3.37. The summed E-state index contributed by atoms with van der Waals surface area (Å²) in [5.41, 5.74) is 5.21. The van der Waals surface area contributed by atoms with Crippen LogP contribution in [0.3, 0.4) is 0 Å². The molecule has 0 aromatic heterocycles. The summed E-state index contributed by atoms with van der Waals surface area (Å²) < 4.78 is 0. The molecule has 2 atom stereocenters. The first-order valence-corrected chi connectivity index (χ1v) is 5.34. The van der Waals surface area contributed by atoms with Crippen LogP contribution in [0, 0.1) is 5.92 Å². The number of carbonyl (C=O) groups is 1. The van der Waals surface area contributed by atoms with Crippen LogP contribution >= 0.6 is 0 Å². The third-order valence-corrected chi connectivity index (χ3v) is 3.08. The molecule has 0 aromatic rings. The lowest BCUT2D eigenvalue weighted by molar-refractivity contribution is 0.189. The predicted molar refractivity (Wildman–Crippen MR) is 57.0 cm³/mol. The molecule has 0 spiro atoms. The van der Waals surface area contributed by atoms with Crippen LogP contribution in [-0.4, -0.2) is 37.1 Å². The van der Waals surface area contributed by atoms with Crippen LogP contribution in [0.4, 0.5) is 4.79 Å². The molecule has 14 heavy (non-hydrogen) atoms. The average Bonchev–Trinajstić information content (AvgIpc) is 2.18. The molecular formula is C10H21N3O. The summed E-state index contributed by atoms with van der Waals surface area (Å²) in [6.45, 7) is 4.27. The van der Waals surface area contributed by atoms with E-state index < -0.39 is 0 Å². The van der Waals surface area contributed by atoms with Crippen molar-refractivity contribution >= 4 is 6.03 Å². The molecule has 0 aromatic carbocycles. The molecule has 2 amide bonds. The van der Waals surface area contributed by atoms with Gasteiger partial charge in [0.05, 0.1) is 0 Å². The highest BCUT2D eigenvalue weighted by Crippen LogP contribution is 2.17. The fourth-order valence-corrected chi connectivity index (χ4v) is 1.98. The molecule has 3 N–H and O–H groups in total. The topological polar surface area (TPSA) is 58.4 Å². The number of nitrogens with one attached hydrogen (secondary N) is 1. The van der Waals surface area contributed by atoms with E-state index in [2.05, 4.69) is 12.2 Å². The Morgan fingerprint density at radius 3 is 2.93 bits per heavy atom. The van der Waals surface area contributed by atoms with E-state index in [9.17, 15) is 4.79 Å². The monoisotopic (exact) mass is 199 g/mol. The Labute approximate surface area is 85.8 Å². The van der Waals surface area contributed by atoms with Gasteiger partial charge < -0.3 is 16.0 Å². The number of urea groups is 1. The standard InChI is InChI=1S/C10H21N3O/c1-8(13(2)10(11)14)6-9-4-3-5-12-7-9/h8-9,12H,3-7H2,1-2H3,(H2,11,14). The summed E-state index contributed by atoms with van der Waals surface area (Å²) in [5.74, 6) is 0.695. The van der Waals surface area contributed by atoms with E-state index in [1.807, 2.05) is 0 Å². The first-order chi connectivity index (χ1) is 6.61. The van der Waals surface area contributed by atoms with Gasteiger partial charge in [-0.2, -0.15) is 0 Å². The highest BCUT2D eigenvalue weighted by molar-refractivity contribution is 5.71. The second kappa shape index (κ2) is 5.20. The highest BCUT2D eigenvalue weighted by atomic mass is 16.2. The van der Waals surface area contributed by atoms with Gasteiger partial charge in [-0.25, -0.2) is 4.79 Å². The molecule has 1 heterocycles. The lowest BCUT2D eigenvalue weighted by Gasteiger charge is -2.29. The van der Waals surface area contributed by atoms with E-state index in [1.54, 1.807) is 11.9 Å². The van der Waals surface area contributed by atoms with Gasteiger partial charge in [-0.05, 0) is 45.2 Å². The average molecular weight is 199 g/mol. The predicted octanol–water partition coefficient (Wildman–Crippen LogP) is 0.775. The molecule has 1 aliphatic rings. The van der Waals surface area contributed by atoms with Crippen molar-refractivity contribution in [3.8, 4) is 0 Å². The molecule has 4 nitrogen and oxygen atoms in total. The van der Waals surface area contributed by atoms with Crippen molar-refractivity contribution < 1.29 is 4.79 Å². The Bertz CT molecular complexity index is 190. The zero-order valence-corrected chi connectivity index (χ0v) is 9.12. The minimum absolute atomic E-state index is 0.248. The maximum absolute atomic E-state index is 10.9. The normalized spacial score (nSPS) is 24.3. The Morgan fingerprint density at radius 1 is 1.71 bits per heavy atom. The molecule has 0 radical (unpaired) electrons. The van der Waals surface area contributed by atoms with Crippen LogP contribution in [0.5, 0.6) is 0 Å². The molecular weight excluding hydrogens is 178 g/mol. The maximum Gasteiger partial charge on any atom is 0.314 e. The van der Waals surface area contributed by atoms with Gasteiger partial charge in [-0.3, -0.25) is 0 Å². The highest BCUT2D eigenvalue weighted by Gasteiger charge is 2.19. The lowest BCUT2D eigenvalue weighted by Crippen LogP contribution is -2.41. The Kier molecular flexibility index (Phi) is 4.20. The van der Waals surface area contributed by atoms with Crippen molar-refractivity contribution in [3.63, 3.8) is 0 Å². The van der Waals surface area contributed by atoms with Crippen LogP contribution in [0.1, 0.15) is 26.2 Å². The molecule has 82 valence electrons. The number of carbonyl (C=O) groups excluding carboxylic acids is 1. The van der Waals surface area contributed by atoms with Gasteiger partial charge >= 0.3 is 6.03 Å². The summed E-state index contributed by atoms with van der Waals surface area (Å²) in [4.78, 5) is 12.5. The Balaban J connectivity index is 2.31. The minimum Gasteiger partial charge on any atom is -0.351 e. The molecule has 1 aliphatic heterocycles. The number of nitrogens with two attached hydrogens (primary N) is 1. The van der Waals surface area contributed by atoms with Gasteiger partial charge in [0, 0.05) is 13.1 Å². The van der Waals surface area contributed by atoms with Crippen LogP contribution < -0.4 is 11.1 Å². The Hall–Kier alpha value is -0.770. The van der Waals surface area contributed by atoms with Gasteiger partial charge in [0.15, 0.2) is 0 Å². The van der Waals surface area contributed by atoms with Crippen LogP contribution in [0.15, 0.2) is 0 Å². The van der Waals surface area contributed by atoms with Crippen molar-refractivity contribution in [2.75, 3.05) is 20.1 Å². The van der Waals surface area contributed by atoms with Gasteiger partial charge in [-0.15, -0.1) is 0 Å². The fraction of sp³-hybridized carbons (Fsp3) is 0.900. The van der Waals surface area contributed by atoms with E-state index in [4.69, 9.17) is 5.73 Å². The first-order valence-electron chi connectivity index (χ1n) is 5.34. The fourth-order valence-electron chi connectivity index (χ4n) is 1.98. The number of rotatable bonds is 3. The molecule has 0 saturated carbocycles. The molecule has 1 rings (SSSR count). The van der Waals surface area contributed by atoms with Gasteiger partial charge in [0.2, 0.25) is 0 Å². The van der Waals surface area contributed by atoms with Crippen molar-refractivity contribution in [3.05, 3.63) is 0 Å². The van der Waals surface area contributed by atoms with Gasteiger partial charge in [0.25, 0.3) is 0 Å². The number of primary amides is 1. The smallest absolute Gasteiger partial charge is 0.314 e. The van der Waals surface area contributed by atoms with E-state index in [0.29, 0.717) is 5.92 Å². The molecule has 1 saturated heterocycles. The number of nitrogens with zero attached hydrogens (tertiary/aromatic N) is 1. The molecule has 0 bridgehead atoms. The van der Waals surface area contributed by atoms with E-state index in [0.717, 1.165) is 19.5 Å². The molecule has 0 aliphatic carbocycles. The van der Waals surface area contributed by atoms with E-state index in [-0.39, 0.29) is 12.1 Å². The van der Waals surface area contributed by atoms with Crippen LogP contribution in [0.2, 0.25) is 0 Å². The number of piperidine rings is 1. The van der Waals surface area contributed by atoms with Crippen LogP contribution in [0.25, 0.3) is 0 Å². The van der Waals surface area contributed by atoms with Crippen molar-refractivity contribution in [2.45, 2.75) is 32.2 Å². The largest absolute Gasteiger partial charge is 0.351 e. The number of amides is 2. The quantitative estimate of drug-likeness (QED) is 0.705. The molecule has 2 unspecified atom stereocenters. The van der Waals surface area contributed by atoms with Gasteiger partial charge in [-0.1, -0.05) is 0 Å². The summed E-state index contributed by atoms with van der Waals surface area (Å²) in [6.07, 6.45) is 3.56. The lowest BCUT2D eigenvalue weighted by atomic mass is 9.93. The molecule has 1 fully saturated rings. The molecule has 4 heteroatoms. The third kappa shape index (κ3) is 3.18. The van der Waals surface area contributed by atoms with Gasteiger partial charge in [0.1, 0.15) is 0 Å². The SMILES string of the molecule is CC(CC1CCCNC1)N(C)C(N)=O. The Morgan fingerprint density at radius 2 is 2.43 bits per heavy atom. The summed E-state index contributed by atoms with van der Waals surface area (Å²) in [6, 6.07) is -0.0846. The number of hydrogen-bond acceptors (Lipinski definition) is 2. The van der Waals surface area contributed by atoms with Crippen molar-refractivity contribution in [1.29, 1.82) is 0 Å². The number of hydrogen-bond donors (Lipinski definition) is 2. The second-order valence-electron chi connectivity index (χ2n) is 4.25. The van der Waals surface area contributed by atoms with Crippen LogP contribution in [-0.2, 0) is 0 Å². The summed E-state index contributed by atoms with van der Waals surface area (Å²) in [7, 11) is 1.77. The zero-order chi connectivity index (χ0) is 10.6. The zero-order valence-electron chi connectivity index (χ0n) is 9.12. The third-order valence-electron chi connectivity index (χ3n) is 3.08. The maximum atomic E-state index is 10.9. The van der Waals surface area contributed by atoms with E-state index >= 15 is 0 Å². The van der Waals surface area contributed by atoms with Crippen molar-refractivity contribution in [2.24, 2.45) is 11.7 Å². The second-order valence-corrected chi connectivity index (χ2v) is 4.25. The summed E-state index contributed by atoms with van der Waals surface area (Å²) >= 11 is 0. The van der Waals surface area contributed by atoms with Crippen molar-refractivity contribution in [1.82, 2.24) is 10.2 Å². The van der Waals surface area contributed by atoms with E-state index in [1.165, 1.54) is 12.8 Å².